The predicted molar refractivity (Wildman–Crippen MR) is 114 cm³/mol. The Kier molecular flexibility index (Phi) is 6.44. The summed E-state index contributed by atoms with van der Waals surface area (Å²) in [6.45, 7) is 5.55. The second-order valence-corrected chi connectivity index (χ2v) is 10.0. The van der Waals surface area contributed by atoms with Crippen molar-refractivity contribution in [2.24, 2.45) is 0 Å². The van der Waals surface area contributed by atoms with Crippen LogP contribution in [0.1, 0.15) is 33.6 Å². The minimum Gasteiger partial charge on any atom is -0.444 e. The summed E-state index contributed by atoms with van der Waals surface area (Å²) in [5.41, 5.74) is 0.678. The van der Waals surface area contributed by atoms with Crippen LogP contribution in [0, 0.1) is 0 Å². The first-order valence-corrected chi connectivity index (χ1v) is 11.2. The van der Waals surface area contributed by atoms with E-state index in [0.29, 0.717) is 30.0 Å². The Labute approximate surface area is 176 Å². The van der Waals surface area contributed by atoms with Crippen LogP contribution in [0.5, 0.6) is 0 Å². The number of nitrogens with one attached hydrogen (secondary N) is 1. The van der Waals surface area contributed by atoms with Gasteiger partial charge in [0.1, 0.15) is 11.4 Å². The second-order valence-electron chi connectivity index (χ2n) is 8.15. The molecule has 2 heterocycles. The number of rotatable bonds is 5. The third kappa shape index (κ3) is 5.16. The van der Waals surface area contributed by atoms with Gasteiger partial charge in [0.15, 0.2) is 0 Å². The Balaban J connectivity index is 1.77. The summed E-state index contributed by atoms with van der Waals surface area (Å²) in [5.74, 6) is 0.335. The molecule has 1 saturated heterocycles. The summed E-state index contributed by atoms with van der Waals surface area (Å²) in [7, 11) is -3.66. The SMILES string of the molecule is CC(C)(C)OC(=O)Nc1cccc(-c2ccc(S(=O)(=O)N3CCC[C@@H]3CO)cc2)n1. The molecule has 0 unspecified atom stereocenters. The first-order valence-electron chi connectivity index (χ1n) is 9.80. The Bertz CT molecular complexity index is 1000. The van der Waals surface area contributed by atoms with Gasteiger partial charge in [-0.25, -0.2) is 18.2 Å². The van der Waals surface area contributed by atoms with E-state index in [9.17, 15) is 18.3 Å². The molecule has 1 amide bonds. The summed E-state index contributed by atoms with van der Waals surface area (Å²) < 4.78 is 32.4. The molecular formula is C21H27N3O5S. The number of carbonyl (C=O) groups is 1. The van der Waals surface area contributed by atoms with Crippen molar-refractivity contribution < 1.29 is 23.1 Å². The molecule has 1 atom stereocenters. The number of nitrogens with zero attached hydrogens (tertiary/aromatic N) is 2. The highest BCUT2D eigenvalue weighted by atomic mass is 32.2. The molecule has 9 heteroatoms. The summed E-state index contributed by atoms with van der Waals surface area (Å²) >= 11 is 0. The van der Waals surface area contributed by atoms with Crippen molar-refractivity contribution in [2.75, 3.05) is 18.5 Å². The molecule has 1 aliphatic heterocycles. The molecule has 2 N–H and O–H groups in total. The number of hydrogen-bond acceptors (Lipinski definition) is 6. The maximum Gasteiger partial charge on any atom is 0.413 e. The van der Waals surface area contributed by atoms with Gasteiger partial charge in [-0.3, -0.25) is 5.32 Å². The van der Waals surface area contributed by atoms with Gasteiger partial charge in [-0.1, -0.05) is 18.2 Å². The van der Waals surface area contributed by atoms with E-state index in [1.165, 1.54) is 16.4 Å². The number of carbonyl (C=O) groups excluding carboxylic acids is 1. The largest absolute Gasteiger partial charge is 0.444 e. The van der Waals surface area contributed by atoms with E-state index in [0.717, 1.165) is 6.42 Å². The van der Waals surface area contributed by atoms with Crippen LogP contribution in [-0.2, 0) is 14.8 Å². The number of sulfonamides is 1. The van der Waals surface area contributed by atoms with Gasteiger partial charge in [-0.05, 0) is 57.9 Å². The van der Waals surface area contributed by atoms with E-state index < -0.39 is 21.7 Å². The molecule has 8 nitrogen and oxygen atoms in total. The molecule has 1 aromatic carbocycles. The van der Waals surface area contributed by atoms with Gasteiger partial charge in [-0.15, -0.1) is 0 Å². The number of aliphatic hydroxyl groups excluding tert-OH is 1. The van der Waals surface area contributed by atoms with E-state index in [1.54, 1.807) is 51.1 Å². The number of amides is 1. The van der Waals surface area contributed by atoms with Crippen molar-refractivity contribution >= 4 is 21.9 Å². The molecule has 0 radical (unpaired) electrons. The van der Waals surface area contributed by atoms with Gasteiger partial charge < -0.3 is 9.84 Å². The van der Waals surface area contributed by atoms with E-state index in [2.05, 4.69) is 10.3 Å². The first kappa shape index (κ1) is 22.2. The molecule has 1 aromatic heterocycles. The minimum absolute atomic E-state index is 0.176. The molecular weight excluding hydrogens is 406 g/mol. The fraction of sp³-hybridized carbons (Fsp3) is 0.429. The van der Waals surface area contributed by atoms with E-state index in [4.69, 9.17) is 4.74 Å². The lowest BCUT2D eigenvalue weighted by atomic mass is 10.1. The maximum atomic E-state index is 12.9. The van der Waals surface area contributed by atoms with Crippen molar-refractivity contribution in [3.63, 3.8) is 0 Å². The second kappa shape index (κ2) is 8.71. The third-order valence-corrected chi connectivity index (χ3v) is 6.63. The van der Waals surface area contributed by atoms with Crippen LogP contribution < -0.4 is 5.32 Å². The van der Waals surface area contributed by atoms with Crippen LogP contribution >= 0.6 is 0 Å². The highest BCUT2D eigenvalue weighted by Gasteiger charge is 2.34. The van der Waals surface area contributed by atoms with Gasteiger partial charge in [0.2, 0.25) is 10.0 Å². The van der Waals surface area contributed by atoms with Crippen LogP contribution in [0.15, 0.2) is 47.4 Å². The highest BCUT2D eigenvalue weighted by molar-refractivity contribution is 7.89. The predicted octanol–water partition coefficient (Wildman–Crippen LogP) is 3.24. The lowest BCUT2D eigenvalue weighted by Crippen LogP contribution is -2.37. The van der Waals surface area contributed by atoms with Gasteiger partial charge >= 0.3 is 6.09 Å². The topological polar surface area (TPSA) is 109 Å². The van der Waals surface area contributed by atoms with E-state index in [1.807, 2.05) is 0 Å². The Morgan fingerprint density at radius 3 is 2.57 bits per heavy atom. The number of anilines is 1. The molecule has 0 aliphatic carbocycles. The normalized spacial score (nSPS) is 17.7. The van der Waals surface area contributed by atoms with Crippen LogP contribution in [0.2, 0.25) is 0 Å². The summed E-state index contributed by atoms with van der Waals surface area (Å²) in [6.07, 6.45) is 0.802. The lowest BCUT2D eigenvalue weighted by molar-refractivity contribution is 0.0635. The minimum atomic E-state index is -3.66. The average Bonchev–Trinajstić information content (AvgIpc) is 3.16. The van der Waals surface area contributed by atoms with Crippen LogP contribution in [0.25, 0.3) is 11.3 Å². The van der Waals surface area contributed by atoms with E-state index >= 15 is 0 Å². The molecule has 1 aliphatic rings. The number of aliphatic hydroxyl groups is 1. The highest BCUT2D eigenvalue weighted by Crippen LogP contribution is 2.27. The summed E-state index contributed by atoms with van der Waals surface area (Å²) in [5, 5.41) is 12.0. The summed E-state index contributed by atoms with van der Waals surface area (Å²) in [6, 6.07) is 11.2. The van der Waals surface area contributed by atoms with Crippen molar-refractivity contribution in [3.8, 4) is 11.3 Å². The van der Waals surface area contributed by atoms with Crippen molar-refractivity contribution in [3.05, 3.63) is 42.5 Å². The molecule has 0 saturated carbocycles. The monoisotopic (exact) mass is 433 g/mol. The molecule has 30 heavy (non-hydrogen) atoms. The zero-order chi connectivity index (χ0) is 21.9. The standard InChI is InChI=1S/C21H27N3O5S/c1-21(2,3)29-20(26)23-19-8-4-7-18(22-19)15-9-11-17(12-10-15)30(27,28)24-13-5-6-16(24)14-25/h4,7-12,16,25H,5-6,13-14H2,1-3H3,(H,22,23,26)/t16-/m1/s1. The zero-order valence-corrected chi connectivity index (χ0v) is 18.1. The quantitative estimate of drug-likeness (QED) is 0.749. The number of benzene rings is 1. The molecule has 2 aromatic rings. The number of ether oxygens (including phenoxy) is 1. The zero-order valence-electron chi connectivity index (χ0n) is 17.3. The van der Waals surface area contributed by atoms with Crippen molar-refractivity contribution in [1.29, 1.82) is 0 Å². The molecule has 3 rings (SSSR count). The lowest BCUT2D eigenvalue weighted by Gasteiger charge is -2.22. The maximum absolute atomic E-state index is 12.9. The van der Waals surface area contributed by atoms with Gasteiger partial charge in [0.25, 0.3) is 0 Å². The fourth-order valence-electron chi connectivity index (χ4n) is 3.31. The number of pyridine rings is 1. The molecule has 1 fully saturated rings. The third-order valence-electron chi connectivity index (χ3n) is 4.67. The number of hydrogen-bond donors (Lipinski definition) is 2. The van der Waals surface area contributed by atoms with Crippen LogP contribution in [-0.4, -0.2) is 53.7 Å². The molecule has 162 valence electrons. The first-order chi connectivity index (χ1) is 14.1. The Morgan fingerprint density at radius 1 is 1.23 bits per heavy atom. The Hall–Kier alpha value is -2.49. The smallest absolute Gasteiger partial charge is 0.413 e. The summed E-state index contributed by atoms with van der Waals surface area (Å²) in [4.78, 5) is 16.5. The van der Waals surface area contributed by atoms with Crippen molar-refractivity contribution in [1.82, 2.24) is 9.29 Å². The molecule has 0 spiro atoms. The van der Waals surface area contributed by atoms with Gasteiger partial charge in [0, 0.05) is 18.2 Å². The number of aromatic nitrogens is 1. The van der Waals surface area contributed by atoms with Gasteiger partial charge in [-0.2, -0.15) is 4.31 Å². The average molecular weight is 434 g/mol. The van der Waals surface area contributed by atoms with E-state index in [-0.39, 0.29) is 17.5 Å². The van der Waals surface area contributed by atoms with Crippen molar-refractivity contribution in [2.45, 2.75) is 50.2 Å². The molecule has 0 bridgehead atoms. The van der Waals surface area contributed by atoms with Crippen LogP contribution in [0.4, 0.5) is 10.6 Å². The Morgan fingerprint density at radius 2 is 1.93 bits per heavy atom. The fourth-order valence-corrected chi connectivity index (χ4v) is 5.00. The van der Waals surface area contributed by atoms with Gasteiger partial charge in [0.05, 0.1) is 17.2 Å². The van der Waals surface area contributed by atoms with Crippen LogP contribution in [0.3, 0.4) is 0 Å².